The van der Waals surface area contributed by atoms with Gasteiger partial charge in [-0.1, -0.05) is 32.0 Å². The van der Waals surface area contributed by atoms with Gasteiger partial charge < -0.3 is 15.1 Å². The van der Waals surface area contributed by atoms with Crippen LogP contribution in [-0.2, 0) is 5.41 Å². The van der Waals surface area contributed by atoms with Crippen molar-refractivity contribution in [3.8, 4) is 0 Å². The molecule has 1 aromatic carbocycles. The first-order valence-electron chi connectivity index (χ1n) is 11.1. The van der Waals surface area contributed by atoms with Crippen LogP contribution in [0.25, 0.3) is 0 Å². The molecule has 4 heteroatoms. The van der Waals surface area contributed by atoms with Crippen LogP contribution in [-0.4, -0.2) is 58.7 Å². The number of quaternary nitrogens is 1. The van der Waals surface area contributed by atoms with E-state index < -0.39 is 0 Å². The molecule has 0 aromatic heterocycles. The van der Waals surface area contributed by atoms with E-state index in [0.29, 0.717) is 35.9 Å². The molecule has 4 nitrogen and oxygen atoms in total. The molecule has 7 rings (SSSR count). The Kier molecular flexibility index (Phi) is 3.17. The van der Waals surface area contributed by atoms with Gasteiger partial charge in [0.1, 0.15) is 6.04 Å². The van der Waals surface area contributed by atoms with Crippen LogP contribution in [0.1, 0.15) is 45.1 Å². The fourth-order valence-electron chi connectivity index (χ4n) is 9.23. The summed E-state index contributed by atoms with van der Waals surface area (Å²) in [7, 11) is 2.23. The van der Waals surface area contributed by atoms with E-state index in [4.69, 9.17) is 0 Å². The number of hydrogen-bond donors (Lipinski definition) is 2. The Morgan fingerprint density at radius 2 is 1.96 bits per heavy atom. The minimum absolute atomic E-state index is 0.127. The van der Waals surface area contributed by atoms with Crippen molar-refractivity contribution in [2.75, 3.05) is 18.5 Å². The molecule has 1 spiro atoms. The molecular formula is C23H33N2O2+. The Labute approximate surface area is 162 Å². The lowest BCUT2D eigenvalue weighted by atomic mass is 9.60. The number of rotatable bonds is 3. The van der Waals surface area contributed by atoms with Crippen molar-refractivity contribution in [1.82, 2.24) is 0 Å². The number of aliphatic hydroxyl groups is 2. The molecule has 1 aromatic rings. The fraction of sp³-hybridized carbons (Fsp3) is 0.739. The highest BCUT2D eigenvalue weighted by molar-refractivity contribution is 5.66. The number of aliphatic hydroxyl groups excluding tert-OH is 2. The first-order chi connectivity index (χ1) is 13.0. The van der Waals surface area contributed by atoms with E-state index in [2.05, 4.69) is 50.1 Å². The van der Waals surface area contributed by atoms with Gasteiger partial charge in [-0.3, -0.25) is 4.48 Å². The Morgan fingerprint density at radius 3 is 2.70 bits per heavy atom. The molecule has 5 heterocycles. The molecule has 2 N–H and O–H groups in total. The second-order valence-corrected chi connectivity index (χ2v) is 10.1. The third kappa shape index (κ3) is 1.51. The Bertz CT molecular complexity index is 798. The molecule has 4 saturated heterocycles. The van der Waals surface area contributed by atoms with Gasteiger partial charge in [0, 0.05) is 37.4 Å². The van der Waals surface area contributed by atoms with Crippen molar-refractivity contribution >= 4 is 5.69 Å². The average Bonchev–Trinajstić information content (AvgIpc) is 3.06. The summed E-state index contributed by atoms with van der Waals surface area (Å²) in [5.41, 5.74) is 2.56. The van der Waals surface area contributed by atoms with Gasteiger partial charge in [0.2, 0.25) is 0 Å². The van der Waals surface area contributed by atoms with E-state index in [1.54, 1.807) is 0 Å². The van der Waals surface area contributed by atoms with Gasteiger partial charge in [-0.15, -0.1) is 0 Å². The Balaban J connectivity index is 1.62. The number of benzene rings is 1. The molecule has 1 saturated carbocycles. The second kappa shape index (κ2) is 5.08. The first kappa shape index (κ1) is 16.8. The van der Waals surface area contributed by atoms with Crippen molar-refractivity contribution in [2.24, 2.45) is 17.8 Å². The molecule has 3 unspecified atom stereocenters. The van der Waals surface area contributed by atoms with Crippen LogP contribution < -0.4 is 4.90 Å². The van der Waals surface area contributed by atoms with Crippen molar-refractivity contribution in [1.29, 1.82) is 0 Å². The molecule has 5 fully saturated rings. The maximum atomic E-state index is 11.9. The van der Waals surface area contributed by atoms with Gasteiger partial charge in [0.05, 0.1) is 30.1 Å². The summed E-state index contributed by atoms with van der Waals surface area (Å²) < 4.78 is 0.873. The molecule has 0 amide bonds. The van der Waals surface area contributed by atoms with Gasteiger partial charge in [-0.25, -0.2) is 0 Å². The van der Waals surface area contributed by atoms with E-state index in [0.717, 1.165) is 30.3 Å². The molecule has 0 radical (unpaired) electrons. The van der Waals surface area contributed by atoms with Crippen LogP contribution in [0.5, 0.6) is 0 Å². The van der Waals surface area contributed by atoms with Gasteiger partial charge in [0.15, 0.2) is 6.23 Å². The largest absolute Gasteiger partial charge is 0.392 e. The number of likely N-dealkylation sites (N-methyl/N-ethyl adjacent to an activating group) is 1. The quantitative estimate of drug-likeness (QED) is 0.805. The number of piperidine rings is 4. The van der Waals surface area contributed by atoms with Gasteiger partial charge >= 0.3 is 0 Å². The number of anilines is 1. The molecular weight excluding hydrogens is 336 g/mol. The van der Waals surface area contributed by atoms with Crippen molar-refractivity contribution in [3.05, 3.63) is 29.8 Å². The lowest BCUT2D eigenvalue weighted by Gasteiger charge is -2.68. The third-order valence-corrected chi connectivity index (χ3v) is 9.73. The standard InChI is InChI=1S/C23H33N2O2/c1-4-10-25-17-11-14(13(5-2)22(25)27)19-18(25)12-23(21(19)26)15-8-6-7-9-16(15)24(3)20(17)23/h6-9,13-14,17-22,26-27H,4-5,10-12H2,1-3H3/q+1/t13-,14-,17+,18-,19?,20-,21?,22+,23+,25?/m0/s1. The van der Waals surface area contributed by atoms with Crippen LogP contribution >= 0.6 is 0 Å². The number of nitrogens with zero attached hydrogens (tertiary/aromatic N) is 2. The van der Waals surface area contributed by atoms with Crippen LogP contribution in [0.3, 0.4) is 0 Å². The zero-order chi connectivity index (χ0) is 18.7. The van der Waals surface area contributed by atoms with Crippen LogP contribution in [0, 0.1) is 17.8 Å². The van der Waals surface area contributed by atoms with Crippen molar-refractivity contribution in [2.45, 2.75) is 75.4 Å². The zero-order valence-electron chi connectivity index (χ0n) is 16.8. The molecule has 5 aliphatic heterocycles. The lowest BCUT2D eigenvalue weighted by Crippen LogP contribution is -2.83. The summed E-state index contributed by atoms with van der Waals surface area (Å²) >= 11 is 0. The average molecular weight is 370 g/mol. The van der Waals surface area contributed by atoms with Crippen LogP contribution in [0.15, 0.2) is 24.3 Å². The minimum Gasteiger partial charge on any atom is -0.392 e. The first-order valence-corrected chi connectivity index (χ1v) is 11.1. The molecule has 146 valence electrons. The molecule has 10 atom stereocenters. The summed E-state index contributed by atoms with van der Waals surface area (Å²) in [5.74, 6) is 1.18. The van der Waals surface area contributed by atoms with Crippen molar-refractivity contribution in [3.63, 3.8) is 0 Å². The van der Waals surface area contributed by atoms with E-state index in [-0.39, 0.29) is 17.7 Å². The smallest absolute Gasteiger partial charge is 0.194 e. The molecule has 27 heavy (non-hydrogen) atoms. The monoisotopic (exact) mass is 369 g/mol. The SMILES string of the molecule is CCC[N+]12[C@H](O)[C@@H](CC)[C@@H]3C[C@@H]1[C@@H]1N(C)c4ccccc4[C@]14C[C@H]2C3C4O. The molecule has 1 aliphatic carbocycles. The predicted octanol–water partition coefficient (Wildman–Crippen LogP) is 2.48. The molecule has 6 aliphatic rings. The summed E-state index contributed by atoms with van der Waals surface area (Å²) in [6.07, 6.45) is 3.84. The van der Waals surface area contributed by atoms with Gasteiger partial charge in [-0.2, -0.15) is 0 Å². The summed E-state index contributed by atoms with van der Waals surface area (Å²) in [4.78, 5) is 2.48. The predicted molar refractivity (Wildman–Crippen MR) is 105 cm³/mol. The second-order valence-electron chi connectivity index (χ2n) is 10.1. The summed E-state index contributed by atoms with van der Waals surface area (Å²) in [6.45, 7) is 5.56. The fourth-order valence-corrected chi connectivity index (χ4v) is 9.23. The Hall–Kier alpha value is -1.10. The summed E-state index contributed by atoms with van der Waals surface area (Å²) in [5, 5.41) is 23.6. The van der Waals surface area contributed by atoms with Crippen molar-refractivity contribution < 1.29 is 14.7 Å². The highest BCUT2D eigenvalue weighted by Gasteiger charge is 2.82. The number of para-hydroxylation sites is 1. The van der Waals surface area contributed by atoms with E-state index in [9.17, 15) is 10.2 Å². The maximum absolute atomic E-state index is 11.9. The van der Waals surface area contributed by atoms with E-state index >= 15 is 0 Å². The van der Waals surface area contributed by atoms with Crippen LogP contribution in [0.2, 0.25) is 0 Å². The van der Waals surface area contributed by atoms with Gasteiger partial charge in [-0.05, 0) is 30.4 Å². The van der Waals surface area contributed by atoms with E-state index in [1.165, 1.54) is 17.7 Å². The van der Waals surface area contributed by atoms with E-state index in [1.807, 2.05) is 0 Å². The highest BCUT2D eigenvalue weighted by atomic mass is 16.3. The minimum atomic E-state index is -0.271. The topological polar surface area (TPSA) is 43.7 Å². The third-order valence-electron chi connectivity index (χ3n) is 9.73. The number of hydrogen-bond acceptors (Lipinski definition) is 3. The normalized spacial score (nSPS) is 53.7. The molecule has 5 bridgehead atoms. The summed E-state index contributed by atoms with van der Waals surface area (Å²) in [6, 6.07) is 9.97. The zero-order valence-corrected chi connectivity index (χ0v) is 16.8. The highest BCUT2D eigenvalue weighted by Crippen LogP contribution is 2.71. The van der Waals surface area contributed by atoms with Gasteiger partial charge in [0.25, 0.3) is 0 Å². The van der Waals surface area contributed by atoms with Crippen LogP contribution in [0.4, 0.5) is 5.69 Å². The Morgan fingerprint density at radius 1 is 1.19 bits per heavy atom. The maximum Gasteiger partial charge on any atom is 0.194 e. The lowest BCUT2D eigenvalue weighted by molar-refractivity contribution is -1.04. The number of fused-ring (bicyclic) bond motifs is 2.